The Morgan fingerprint density at radius 3 is 2.58 bits per heavy atom. The normalized spacial score (nSPS) is 10.5. The summed E-state index contributed by atoms with van der Waals surface area (Å²) in [6.45, 7) is 3.68. The molecule has 2 rings (SSSR count). The average Bonchev–Trinajstić information content (AvgIpc) is 2.92. The highest BCUT2D eigenvalue weighted by Gasteiger charge is 2.22. The van der Waals surface area contributed by atoms with E-state index in [9.17, 15) is 9.59 Å². The van der Waals surface area contributed by atoms with Crippen molar-refractivity contribution in [2.75, 3.05) is 13.1 Å². The summed E-state index contributed by atoms with van der Waals surface area (Å²) in [4.78, 5) is 29.3. The van der Waals surface area contributed by atoms with Crippen LogP contribution in [0.25, 0.3) is 0 Å². The molecule has 0 spiro atoms. The first-order chi connectivity index (χ1) is 11.4. The van der Waals surface area contributed by atoms with Crippen LogP contribution in [0.15, 0.2) is 24.3 Å². The maximum atomic E-state index is 12.4. The van der Waals surface area contributed by atoms with Gasteiger partial charge in [0.05, 0.1) is 5.69 Å². The number of thiazole rings is 1. The molecule has 128 valence electrons. The fraction of sp³-hybridized carbons (Fsp3) is 0.312. The third kappa shape index (κ3) is 4.69. The molecule has 1 aromatic heterocycles. The number of carbonyl (C=O) groups is 2. The van der Waals surface area contributed by atoms with Gasteiger partial charge >= 0.3 is 5.97 Å². The number of carboxylic acids is 1. The van der Waals surface area contributed by atoms with Crippen molar-refractivity contribution in [1.82, 2.24) is 9.88 Å². The van der Waals surface area contributed by atoms with E-state index in [4.69, 9.17) is 21.4 Å². The van der Waals surface area contributed by atoms with Gasteiger partial charge in [0.1, 0.15) is 28.8 Å². The van der Waals surface area contributed by atoms with Crippen molar-refractivity contribution in [2.45, 2.75) is 20.5 Å². The molecular weight excluding hydrogens is 352 g/mol. The lowest BCUT2D eigenvalue weighted by atomic mass is 10.3. The van der Waals surface area contributed by atoms with Gasteiger partial charge in [-0.15, -0.1) is 11.3 Å². The number of rotatable bonds is 7. The Labute approximate surface area is 148 Å². The van der Waals surface area contributed by atoms with Crippen LogP contribution in [0.2, 0.25) is 5.02 Å². The largest absolute Gasteiger partial charge is 0.486 e. The van der Waals surface area contributed by atoms with Gasteiger partial charge in [0.2, 0.25) is 0 Å². The average molecular weight is 369 g/mol. The van der Waals surface area contributed by atoms with Crippen LogP contribution in [0, 0.1) is 6.92 Å². The molecule has 6 nitrogen and oxygen atoms in total. The van der Waals surface area contributed by atoms with Gasteiger partial charge in [0.15, 0.2) is 0 Å². The maximum absolute atomic E-state index is 12.4. The van der Waals surface area contributed by atoms with Crippen LogP contribution in [0.4, 0.5) is 0 Å². The Morgan fingerprint density at radius 2 is 2.00 bits per heavy atom. The molecule has 0 aliphatic carbocycles. The second-order valence-electron chi connectivity index (χ2n) is 4.98. The summed E-state index contributed by atoms with van der Waals surface area (Å²) in [6, 6.07) is 6.95. The first-order valence-corrected chi connectivity index (χ1v) is 8.46. The number of amides is 1. The van der Waals surface area contributed by atoms with Crippen molar-refractivity contribution in [2.24, 2.45) is 0 Å². The van der Waals surface area contributed by atoms with Crippen LogP contribution in [0.3, 0.4) is 0 Å². The highest BCUT2D eigenvalue weighted by molar-refractivity contribution is 7.13. The standard InChI is InChI=1S/C16H17ClN2O4S/c1-3-19(8-14(20)21)16(22)15-10(2)18-13(24-15)9-23-12-6-4-11(17)5-7-12/h4-7H,3,8-9H2,1-2H3,(H,20,21). The van der Waals surface area contributed by atoms with Crippen LogP contribution in [0.5, 0.6) is 5.75 Å². The monoisotopic (exact) mass is 368 g/mol. The molecule has 0 fully saturated rings. The number of aliphatic carboxylic acids is 1. The summed E-state index contributed by atoms with van der Waals surface area (Å²) in [6.07, 6.45) is 0. The Morgan fingerprint density at radius 1 is 1.33 bits per heavy atom. The van der Waals surface area contributed by atoms with E-state index < -0.39 is 5.97 Å². The van der Waals surface area contributed by atoms with Gasteiger partial charge in [0, 0.05) is 11.6 Å². The van der Waals surface area contributed by atoms with E-state index in [2.05, 4.69) is 4.98 Å². The van der Waals surface area contributed by atoms with E-state index in [0.29, 0.717) is 32.9 Å². The molecule has 1 N–H and O–H groups in total. The van der Waals surface area contributed by atoms with E-state index in [1.165, 1.54) is 16.2 Å². The summed E-state index contributed by atoms with van der Waals surface area (Å²) < 4.78 is 5.62. The number of hydrogen-bond donors (Lipinski definition) is 1. The molecular formula is C16H17ClN2O4S. The number of ether oxygens (including phenoxy) is 1. The Bertz CT molecular complexity index is 730. The SMILES string of the molecule is CCN(CC(=O)O)C(=O)c1sc(COc2ccc(Cl)cc2)nc1C. The fourth-order valence-corrected chi connectivity index (χ4v) is 3.09. The molecule has 0 saturated carbocycles. The van der Waals surface area contributed by atoms with Crippen molar-refractivity contribution in [3.05, 3.63) is 44.9 Å². The molecule has 0 unspecified atom stereocenters. The quantitative estimate of drug-likeness (QED) is 0.811. The molecule has 1 amide bonds. The van der Waals surface area contributed by atoms with E-state index >= 15 is 0 Å². The number of halogens is 1. The van der Waals surface area contributed by atoms with E-state index in [-0.39, 0.29) is 19.1 Å². The highest BCUT2D eigenvalue weighted by Crippen LogP contribution is 2.22. The Balaban J connectivity index is 2.07. The van der Waals surface area contributed by atoms with E-state index in [1.54, 1.807) is 38.1 Å². The second-order valence-corrected chi connectivity index (χ2v) is 6.50. The Kier molecular flexibility index (Phi) is 6.16. The zero-order valence-electron chi connectivity index (χ0n) is 13.3. The van der Waals surface area contributed by atoms with Crippen LogP contribution < -0.4 is 4.74 Å². The fourth-order valence-electron chi connectivity index (χ4n) is 2.02. The van der Waals surface area contributed by atoms with Gasteiger partial charge in [-0.1, -0.05) is 11.6 Å². The lowest BCUT2D eigenvalue weighted by Crippen LogP contribution is -2.35. The molecule has 1 heterocycles. The number of nitrogens with zero attached hydrogens (tertiary/aromatic N) is 2. The zero-order chi connectivity index (χ0) is 17.7. The number of aryl methyl sites for hydroxylation is 1. The van der Waals surface area contributed by atoms with Crippen molar-refractivity contribution < 1.29 is 19.4 Å². The zero-order valence-corrected chi connectivity index (χ0v) is 14.9. The van der Waals surface area contributed by atoms with E-state index in [1.807, 2.05) is 0 Å². The second kappa shape index (κ2) is 8.12. The van der Waals surface area contributed by atoms with Crippen molar-refractivity contribution >= 4 is 34.8 Å². The minimum Gasteiger partial charge on any atom is -0.486 e. The first kappa shape index (κ1) is 18.2. The summed E-state index contributed by atoms with van der Waals surface area (Å²) in [7, 11) is 0. The molecule has 1 aromatic carbocycles. The van der Waals surface area contributed by atoms with Crippen LogP contribution >= 0.6 is 22.9 Å². The van der Waals surface area contributed by atoms with Crippen LogP contribution in [-0.2, 0) is 11.4 Å². The third-order valence-electron chi connectivity index (χ3n) is 3.21. The Hall–Kier alpha value is -2.12. The van der Waals surface area contributed by atoms with E-state index in [0.717, 1.165) is 0 Å². The van der Waals surface area contributed by atoms with Gasteiger partial charge in [0.25, 0.3) is 5.91 Å². The minimum atomic E-state index is -1.04. The van der Waals surface area contributed by atoms with Crippen molar-refractivity contribution in [1.29, 1.82) is 0 Å². The van der Waals surface area contributed by atoms with Gasteiger partial charge < -0.3 is 14.7 Å². The molecule has 0 saturated heterocycles. The van der Waals surface area contributed by atoms with Crippen LogP contribution in [0.1, 0.15) is 27.3 Å². The summed E-state index contributed by atoms with van der Waals surface area (Å²) in [5.41, 5.74) is 0.573. The lowest BCUT2D eigenvalue weighted by Gasteiger charge is -2.17. The first-order valence-electron chi connectivity index (χ1n) is 7.26. The van der Waals surface area contributed by atoms with Crippen LogP contribution in [-0.4, -0.2) is 40.0 Å². The van der Waals surface area contributed by atoms with Gasteiger partial charge in [-0.05, 0) is 38.1 Å². The minimum absolute atomic E-state index is 0.228. The van der Waals surface area contributed by atoms with Gasteiger partial charge in [-0.2, -0.15) is 0 Å². The summed E-state index contributed by atoms with van der Waals surface area (Å²) in [5, 5.41) is 10.2. The molecule has 8 heteroatoms. The molecule has 0 aliphatic rings. The predicted molar refractivity (Wildman–Crippen MR) is 91.8 cm³/mol. The number of carbonyl (C=O) groups excluding carboxylic acids is 1. The number of hydrogen-bond acceptors (Lipinski definition) is 5. The predicted octanol–water partition coefficient (Wildman–Crippen LogP) is 3.23. The smallest absolute Gasteiger partial charge is 0.323 e. The van der Waals surface area contributed by atoms with Crippen molar-refractivity contribution in [3.63, 3.8) is 0 Å². The van der Waals surface area contributed by atoms with Gasteiger partial charge in [-0.25, -0.2) is 4.98 Å². The highest BCUT2D eigenvalue weighted by atomic mass is 35.5. The summed E-state index contributed by atoms with van der Waals surface area (Å²) >= 11 is 7.03. The molecule has 0 aliphatic heterocycles. The number of benzene rings is 1. The third-order valence-corrected chi connectivity index (χ3v) is 4.58. The molecule has 0 atom stereocenters. The van der Waals surface area contributed by atoms with Crippen molar-refractivity contribution in [3.8, 4) is 5.75 Å². The number of carboxylic acid groups (broad SMARTS) is 1. The topological polar surface area (TPSA) is 79.7 Å². The molecule has 24 heavy (non-hydrogen) atoms. The summed E-state index contributed by atoms with van der Waals surface area (Å²) in [5.74, 6) is -0.715. The lowest BCUT2D eigenvalue weighted by molar-refractivity contribution is -0.137. The number of aromatic nitrogens is 1. The maximum Gasteiger partial charge on any atom is 0.323 e. The molecule has 0 bridgehead atoms. The molecule has 2 aromatic rings. The van der Waals surface area contributed by atoms with Gasteiger partial charge in [-0.3, -0.25) is 9.59 Å². The molecule has 0 radical (unpaired) electrons. The number of likely N-dealkylation sites (N-methyl/N-ethyl adjacent to an activating group) is 1.